The maximum Gasteiger partial charge on any atom is 0.316 e. The lowest BCUT2D eigenvalue weighted by atomic mass is 9.61. The first kappa shape index (κ1) is 16.7. The number of carbonyl (C=O) groups is 2. The highest BCUT2D eigenvalue weighted by Gasteiger charge is 2.83. The summed E-state index contributed by atoms with van der Waals surface area (Å²) in [5.41, 5.74) is -4.38. The van der Waals surface area contributed by atoms with Crippen LogP contribution in [0, 0.1) is 34.5 Å². The first-order valence-electron chi connectivity index (χ1n) is 9.33. The molecule has 1 heterocycles. The van der Waals surface area contributed by atoms with Gasteiger partial charge in [0.1, 0.15) is 11.0 Å². The molecule has 4 bridgehead atoms. The minimum Gasteiger partial charge on any atom is -0.481 e. The van der Waals surface area contributed by atoms with E-state index in [-0.39, 0.29) is 18.3 Å². The first-order chi connectivity index (χ1) is 12.2. The third-order valence-corrected chi connectivity index (χ3v) is 8.55. The van der Waals surface area contributed by atoms with Gasteiger partial charge in [0.05, 0.1) is 24.2 Å². The molecule has 3 saturated carbocycles. The fourth-order valence-corrected chi connectivity index (χ4v) is 7.58. The predicted molar refractivity (Wildman–Crippen MR) is 86.6 cm³/mol. The van der Waals surface area contributed by atoms with Crippen LogP contribution in [0.15, 0.2) is 12.2 Å². The lowest BCUT2D eigenvalue weighted by Crippen LogP contribution is -2.50. The van der Waals surface area contributed by atoms with Crippen molar-refractivity contribution in [3.8, 4) is 0 Å². The molecule has 26 heavy (non-hydrogen) atoms. The van der Waals surface area contributed by atoms with Gasteiger partial charge in [-0.2, -0.15) is 0 Å². The first-order valence-corrected chi connectivity index (χ1v) is 9.33. The third kappa shape index (κ3) is 1.47. The number of esters is 1. The number of rotatable bonds is 2. The molecule has 0 unspecified atom stereocenters. The van der Waals surface area contributed by atoms with Crippen molar-refractivity contribution >= 4 is 11.9 Å². The molecule has 5 aliphatic rings. The second kappa shape index (κ2) is 4.51. The van der Waals surface area contributed by atoms with Gasteiger partial charge in [-0.25, -0.2) is 0 Å². The maximum atomic E-state index is 12.7. The molecule has 4 aliphatic carbocycles. The summed E-state index contributed by atoms with van der Waals surface area (Å²) >= 11 is 0. The van der Waals surface area contributed by atoms with E-state index in [9.17, 15) is 30.0 Å². The van der Waals surface area contributed by atoms with E-state index in [0.717, 1.165) is 0 Å². The molecule has 7 heteroatoms. The second-order valence-corrected chi connectivity index (χ2v) is 9.33. The van der Waals surface area contributed by atoms with Gasteiger partial charge in [0.25, 0.3) is 0 Å². The molecule has 0 aromatic rings. The SMILES string of the molecule is C[C@@]12C(=O)O[C@]3(C=C[C@@H]1O)[C@@H]1CC[C@@H]4C[C@]1(C[C@]4(O)CO)[C@@H](C(=O)O)[C@@H]32. The van der Waals surface area contributed by atoms with Gasteiger partial charge in [-0.15, -0.1) is 0 Å². The maximum absolute atomic E-state index is 12.7. The van der Waals surface area contributed by atoms with Gasteiger partial charge in [0, 0.05) is 11.8 Å². The summed E-state index contributed by atoms with van der Waals surface area (Å²) in [5, 5.41) is 41.5. The van der Waals surface area contributed by atoms with Crippen molar-refractivity contribution in [3.05, 3.63) is 12.2 Å². The minimum absolute atomic E-state index is 0.155. The highest BCUT2D eigenvalue weighted by atomic mass is 16.6. The summed E-state index contributed by atoms with van der Waals surface area (Å²) in [4.78, 5) is 25.2. The van der Waals surface area contributed by atoms with Crippen LogP contribution in [0.3, 0.4) is 0 Å². The predicted octanol–water partition coefficient (Wildman–Crippen LogP) is 0.0794. The minimum atomic E-state index is -1.31. The zero-order valence-corrected chi connectivity index (χ0v) is 14.6. The van der Waals surface area contributed by atoms with E-state index in [1.807, 2.05) is 0 Å². The van der Waals surface area contributed by atoms with Gasteiger partial charge in [-0.1, -0.05) is 6.08 Å². The Balaban J connectivity index is 1.75. The molecule has 0 aromatic heterocycles. The molecular formula is C19H24O7. The van der Waals surface area contributed by atoms with Crippen LogP contribution < -0.4 is 0 Å². The average molecular weight is 364 g/mol. The molecule has 9 atom stereocenters. The number of hydrogen-bond acceptors (Lipinski definition) is 6. The van der Waals surface area contributed by atoms with Crippen LogP contribution in [0.2, 0.25) is 0 Å². The smallest absolute Gasteiger partial charge is 0.316 e. The van der Waals surface area contributed by atoms with E-state index in [1.165, 1.54) is 0 Å². The molecule has 4 fully saturated rings. The van der Waals surface area contributed by atoms with Crippen LogP contribution in [0.5, 0.6) is 0 Å². The molecule has 0 aromatic carbocycles. The quantitative estimate of drug-likeness (QED) is 0.404. The lowest BCUT2D eigenvalue weighted by Gasteiger charge is -2.42. The van der Waals surface area contributed by atoms with Crippen LogP contribution >= 0.6 is 0 Å². The molecule has 7 nitrogen and oxygen atoms in total. The van der Waals surface area contributed by atoms with E-state index in [4.69, 9.17) is 4.74 Å². The number of carboxylic acid groups (broad SMARTS) is 1. The molecule has 0 radical (unpaired) electrons. The summed E-state index contributed by atoms with van der Waals surface area (Å²) in [5.74, 6) is -3.53. The van der Waals surface area contributed by atoms with E-state index in [2.05, 4.69) is 0 Å². The van der Waals surface area contributed by atoms with E-state index in [0.29, 0.717) is 19.3 Å². The Hall–Kier alpha value is -1.44. The lowest BCUT2D eigenvalue weighted by molar-refractivity contribution is -0.161. The monoisotopic (exact) mass is 364 g/mol. The molecule has 4 N–H and O–H groups in total. The van der Waals surface area contributed by atoms with Crippen LogP contribution in [0.25, 0.3) is 0 Å². The average Bonchev–Trinajstić information content (AvgIpc) is 3.04. The van der Waals surface area contributed by atoms with Crippen LogP contribution in [-0.4, -0.2) is 56.3 Å². The largest absolute Gasteiger partial charge is 0.481 e. The Kier molecular flexibility index (Phi) is 2.90. The summed E-state index contributed by atoms with van der Waals surface area (Å²) < 4.78 is 5.87. The van der Waals surface area contributed by atoms with Crippen molar-refractivity contribution < 1.29 is 34.8 Å². The Morgan fingerprint density at radius 1 is 1.38 bits per heavy atom. The third-order valence-electron chi connectivity index (χ3n) is 8.55. The van der Waals surface area contributed by atoms with Crippen molar-refractivity contribution in [2.24, 2.45) is 34.5 Å². The summed E-state index contributed by atoms with van der Waals surface area (Å²) in [7, 11) is 0. The van der Waals surface area contributed by atoms with Crippen molar-refractivity contribution in [1.82, 2.24) is 0 Å². The van der Waals surface area contributed by atoms with Crippen LogP contribution in [-0.2, 0) is 14.3 Å². The van der Waals surface area contributed by atoms with Gasteiger partial charge < -0.3 is 25.2 Å². The second-order valence-electron chi connectivity index (χ2n) is 9.33. The zero-order chi connectivity index (χ0) is 18.7. The van der Waals surface area contributed by atoms with Crippen LogP contribution in [0.1, 0.15) is 32.6 Å². The van der Waals surface area contributed by atoms with Crippen molar-refractivity contribution in [1.29, 1.82) is 0 Å². The van der Waals surface area contributed by atoms with Gasteiger partial charge in [-0.05, 0) is 50.0 Å². The fraction of sp³-hybridized carbons (Fsp3) is 0.789. The summed E-state index contributed by atoms with van der Waals surface area (Å²) in [6.45, 7) is 1.20. The number of aliphatic hydroxyl groups is 3. The van der Waals surface area contributed by atoms with E-state index in [1.54, 1.807) is 19.1 Å². The summed E-state index contributed by atoms with van der Waals surface area (Å²) in [6, 6.07) is 0. The van der Waals surface area contributed by atoms with Gasteiger partial charge in [0.15, 0.2) is 0 Å². The highest BCUT2D eigenvalue weighted by Crippen LogP contribution is 2.77. The van der Waals surface area contributed by atoms with E-state index >= 15 is 0 Å². The number of carbonyl (C=O) groups excluding carboxylic acids is 1. The van der Waals surface area contributed by atoms with Crippen molar-refractivity contribution in [2.45, 2.75) is 49.9 Å². The Morgan fingerprint density at radius 2 is 2.12 bits per heavy atom. The Labute approximate surface area is 150 Å². The molecule has 142 valence electrons. The molecule has 1 spiro atoms. The zero-order valence-electron chi connectivity index (χ0n) is 14.6. The van der Waals surface area contributed by atoms with Crippen LogP contribution in [0.4, 0.5) is 0 Å². The number of aliphatic hydroxyl groups excluding tert-OH is 2. The number of ether oxygens (including phenoxy) is 1. The normalized spacial score (nSPS) is 59.1. The number of hydrogen-bond donors (Lipinski definition) is 4. The fourth-order valence-electron chi connectivity index (χ4n) is 7.58. The van der Waals surface area contributed by atoms with Gasteiger partial charge in [-0.3, -0.25) is 9.59 Å². The Bertz CT molecular complexity index is 748. The molecular weight excluding hydrogens is 340 g/mol. The van der Waals surface area contributed by atoms with Crippen molar-refractivity contribution in [2.75, 3.05) is 6.61 Å². The number of fused-ring (bicyclic) bond motifs is 1. The molecule has 0 amide bonds. The summed E-state index contributed by atoms with van der Waals surface area (Å²) in [6.07, 6.45) is 4.18. The van der Waals surface area contributed by atoms with E-state index < -0.39 is 58.5 Å². The molecule has 5 rings (SSSR count). The molecule has 1 aliphatic heterocycles. The highest BCUT2D eigenvalue weighted by molar-refractivity contribution is 5.86. The Morgan fingerprint density at radius 3 is 2.77 bits per heavy atom. The van der Waals surface area contributed by atoms with Gasteiger partial charge >= 0.3 is 11.9 Å². The number of aliphatic carboxylic acids is 1. The topological polar surface area (TPSA) is 124 Å². The number of carboxylic acids is 1. The molecule has 1 saturated heterocycles. The van der Waals surface area contributed by atoms with Gasteiger partial charge in [0.2, 0.25) is 0 Å². The standard InChI is InChI=1S/C19H24O7/c1-16-11(21)4-5-19(26-15(16)24)10-3-2-9-6-17(10,7-18(9,25)8-20)12(13(16)19)14(22)23/h4-5,9-13,20-21,25H,2-3,6-8H2,1H3,(H,22,23)/t9-,10-,11+,12-,13-,16-,17-,18+,19-/m1/s1. The van der Waals surface area contributed by atoms with Crippen molar-refractivity contribution in [3.63, 3.8) is 0 Å².